The molecule has 2 bridgehead atoms. The summed E-state index contributed by atoms with van der Waals surface area (Å²) >= 11 is 0. The molecule has 4 rings (SSSR count). The number of anilines is 1. The topological polar surface area (TPSA) is 107 Å². The maximum Gasteiger partial charge on any atom is 0.188 e. The van der Waals surface area contributed by atoms with Crippen molar-refractivity contribution in [1.82, 2.24) is 15.1 Å². The van der Waals surface area contributed by atoms with Gasteiger partial charge in [-0.1, -0.05) is 19.1 Å². The van der Waals surface area contributed by atoms with Gasteiger partial charge in [-0.25, -0.2) is 8.60 Å². The van der Waals surface area contributed by atoms with Gasteiger partial charge in [0.2, 0.25) is 0 Å². The van der Waals surface area contributed by atoms with E-state index in [2.05, 4.69) is 21.0 Å². The molecule has 0 fully saturated rings. The first-order valence-electron chi connectivity index (χ1n) is 10.6. The van der Waals surface area contributed by atoms with Gasteiger partial charge in [0.15, 0.2) is 11.6 Å². The third-order valence-corrected chi connectivity index (χ3v) is 7.09. The van der Waals surface area contributed by atoms with Crippen LogP contribution in [0.4, 0.5) is 10.2 Å². The van der Waals surface area contributed by atoms with E-state index in [0.29, 0.717) is 29.4 Å². The van der Waals surface area contributed by atoms with E-state index in [-0.39, 0.29) is 23.7 Å². The van der Waals surface area contributed by atoms with Gasteiger partial charge in [0.1, 0.15) is 11.9 Å². The van der Waals surface area contributed by atoms with Gasteiger partial charge in [0.05, 0.1) is 15.4 Å². The Morgan fingerprint density at radius 3 is 2.55 bits per heavy atom. The van der Waals surface area contributed by atoms with Crippen molar-refractivity contribution in [3.63, 3.8) is 0 Å². The minimum absolute atomic E-state index is 0.108. The van der Waals surface area contributed by atoms with E-state index < -0.39 is 9.71 Å². The molecule has 3 aromatic rings. The average Bonchev–Trinajstić information content (AvgIpc) is 2.75. The minimum Gasteiger partial charge on any atom is -0.486 e. The molecule has 0 saturated carbocycles. The molecule has 7 nitrogen and oxygen atoms in total. The molecule has 0 saturated heterocycles. The number of halogens is 1. The smallest absolute Gasteiger partial charge is 0.188 e. The Bertz CT molecular complexity index is 1310. The van der Waals surface area contributed by atoms with E-state index in [1.54, 1.807) is 24.3 Å². The van der Waals surface area contributed by atoms with Crippen LogP contribution in [-0.4, -0.2) is 38.3 Å². The van der Waals surface area contributed by atoms with E-state index >= 15 is 0 Å². The maximum atomic E-state index is 14.2. The second-order valence-corrected chi connectivity index (χ2v) is 10.6. The van der Waals surface area contributed by atoms with Crippen LogP contribution in [0.15, 0.2) is 47.4 Å². The minimum atomic E-state index is -2.92. The zero-order valence-corrected chi connectivity index (χ0v) is 19.7. The molecule has 174 valence electrons. The Hall–Kier alpha value is -3.01. The van der Waals surface area contributed by atoms with Gasteiger partial charge >= 0.3 is 0 Å². The van der Waals surface area contributed by atoms with Crippen LogP contribution in [0.3, 0.4) is 0 Å². The van der Waals surface area contributed by atoms with Gasteiger partial charge in [-0.05, 0) is 60.8 Å². The van der Waals surface area contributed by atoms with E-state index in [0.717, 1.165) is 22.3 Å². The number of aromatic nitrogens is 2. The lowest BCUT2D eigenvalue weighted by Gasteiger charge is -2.26. The number of nitrogens with two attached hydrogens (primary N) is 2. The van der Waals surface area contributed by atoms with Crippen LogP contribution in [0.25, 0.3) is 11.3 Å². The summed E-state index contributed by atoms with van der Waals surface area (Å²) in [6.45, 7) is 5.08. The van der Waals surface area contributed by atoms with Gasteiger partial charge in [0.25, 0.3) is 0 Å². The first-order chi connectivity index (χ1) is 15.5. The van der Waals surface area contributed by atoms with Crippen molar-refractivity contribution >= 4 is 21.4 Å². The number of benzene rings is 2. The molecule has 2 aromatic carbocycles. The first kappa shape index (κ1) is 23.2. The fraction of sp³-hybridized carbons (Fsp3) is 0.292. The highest BCUT2D eigenvalue weighted by molar-refractivity contribution is 7.98. The SMILES string of the molecule is C=S(N)(=O)c1ccc2c(c1)-c1cc(c(N)nn1)OC(C)C(C)c1cc(F)ccc1CN(C)C2. The van der Waals surface area contributed by atoms with Crippen LogP contribution in [0, 0.1) is 5.82 Å². The Morgan fingerprint density at radius 1 is 1.12 bits per heavy atom. The Morgan fingerprint density at radius 2 is 1.82 bits per heavy atom. The van der Waals surface area contributed by atoms with Crippen LogP contribution >= 0.6 is 0 Å². The highest BCUT2D eigenvalue weighted by Crippen LogP contribution is 2.34. The summed E-state index contributed by atoms with van der Waals surface area (Å²) in [5, 5.41) is 14.2. The molecule has 1 aliphatic heterocycles. The lowest BCUT2D eigenvalue weighted by molar-refractivity contribution is 0.194. The molecule has 4 N–H and O–H groups in total. The van der Waals surface area contributed by atoms with Crippen LogP contribution in [0.2, 0.25) is 0 Å². The summed E-state index contributed by atoms with van der Waals surface area (Å²) in [5.41, 5.74) is 10.1. The number of hydrogen-bond donors (Lipinski definition) is 2. The van der Waals surface area contributed by atoms with Gasteiger partial charge < -0.3 is 10.5 Å². The van der Waals surface area contributed by atoms with Gasteiger partial charge in [-0.3, -0.25) is 10.0 Å². The second kappa shape index (κ2) is 8.74. The van der Waals surface area contributed by atoms with Crippen LogP contribution < -0.4 is 15.6 Å². The Balaban J connectivity index is 1.91. The normalized spacial score (nSPS) is 20.8. The van der Waals surface area contributed by atoms with Crippen molar-refractivity contribution in [2.24, 2.45) is 5.14 Å². The zero-order valence-electron chi connectivity index (χ0n) is 18.9. The summed E-state index contributed by atoms with van der Waals surface area (Å²) in [6, 6.07) is 11.9. The molecule has 3 unspecified atom stereocenters. The highest BCUT2D eigenvalue weighted by Gasteiger charge is 2.23. The number of rotatable bonds is 1. The van der Waals surface area contributed by atoms with E-state index in [1.807, 2.05) is 33.0 Å². The van der Waals surface area contributed by atoms with Crippen molar-refractivity contribution in [3.8, 4) is 17.0 Å². The summed E-state index contributed by atoms with van der Waals surface area (Å²) in [7, 11) is -0.932. The standard InChI is InChI=1S/C24H28FN5O2S/c1-14-15(2)32-23-11-22(28-29-24(23)26)21-10-19(33(4,27)31)8-6-17(21)13-30(3)12-16-5-7-18(25)9-20(14)16/h5-11,14-15H,4,12-13H2,1-3H3,(H2,26,29)(H2,27,31). The average molecular weight is 470 g/mol. The third kappa shape index (κ3) is 4.85. The van der Waals surface area contributed by atoms with E-state index in [9.17, 15) is 8.60 Å². The van der Waals surface area contributed by atoms with Gasteiger partial charge in [-0.2, -0.15) is 0 Å². The molecule has 0 aliphatic carbocycles. The van der Waals surface area contributed by atoms with E-state index in [4.69, 9.17) is 15.6 Å². The molecule has 9 heteroatoms. The maximum absolute atomic E-state index is 14.2. The molecule has 1 aromatic heterocycles. The summed E-state index contributed by atoms with van der Waals surface area (Å²) in [5.74, 6) is 3.74. The van der Waals surface area contributed by atoms with Crippen molar-refractivity contribution in [2.45, 2.75) is 43.9 Å². The van der Waals surface area contributed by atoms with Crippen molar-refractivity contribution in [1.29, 1.82) is 0 Å². The van der Waals surface area contributed by atoms with Crippen LogP contribution in [0.1, 0.15) is 36.5 Å². The quantitative estimate of drug-likeness (QED) is 0.530. The zero-order chi connectivity index (χ0) is 23.9. The number of nitrogen functional groups attached to an aromatic ring is 1. The fourth-order valence-electron chi connectivity index (χ4n) is 4.08. The molecule has 2 heterocycles. The molecule has 33 heavy (non-hydrogen) atoms. The van der Waals surface area contributed by atoms with Crippen molar-refractivity contribution in [2.75, 3.05) is 12.8 Å². The Labute approximate surface area is 193 Å². The van der Waals surface area contributed by atoms with Crippen LogP contribution in [0.5, 0.6) is 5.75 Å². The number of hydrogen-bond acceptors (Lipinski definition) is 6. The number of ether oxygens (including phenoxy) is 1. The molecule has 0 radical (unpaired) electrons. The summed E-state index contributed by atoms with van der Waals surface area (Å²) in [6.07, 6.45) is -0.315. The molecule has 0 amide bonds. The summed E-state index contributed by atoms with van der Waals surface area (Å²) < 4.78 is 32.8. The molecule has 1 aliphatic rings. The number of nitrogens with zero attached hydrogens (tertiary/aromatic N) is 3. The first-order valence-corrected chi connectivity index (χ1v) is 12.4. The molecular formula is C24H28FN5O2S. The molecule has 0 spiro atoms. The summed E-state index contributed by atoms with van der Waals surface area (Å²) in [4.78, 5) is 2.54. The lowest BCUT2D eigenvalue weighted by Crippen LogP contribution is -2.23. The predicted octanol–water partition coefficient (Wildman–Crippen LogP) is 3.33. The van der Waals surface area contributed by atoms with E-state index in [1.165, 1.54) is 6.07 Å². The molecular weight excluding hydrogens is 441 g/mol. The fourth-order valence-corrected chi connectivity index (χ4v) is 4.70. The van der Waals surface area contributed by atoms with Crippen molar-refractivity contribution in [3.05, 3.63) is 65.0 Å². The van der Waals surface area contributed by atoms with Gasteiger partial charge in [0, 0.05) is 35.5 Å². The Kier molecular flexibility index (Phi) is 6.13. The van der Waals surface area contributed by atoms with Gasteiger partial charge in [-0.15, -0.1) is 10.2 Å². The molecule has 3 atom stereocenters. The monoisotopic (exact) mass is 469 g/mol. The predicted molar refractivity (Wildman–Crippen MR) is 130 cm³/mol. The second-order valence-electron chi connectivity index (χ2n) is 8.65. The number of fused-ring (bicyclic) bond motifs is 5. The van der Waals surface area contributed by atoms with Crippen molar-refractivity contribution < 1.29 is 13.3 Å². The largest absolute Gasteiger partial charge is 0.486 e. The highest BCUT2D eigenvalue weighted by atomic mass is 32.2. The van der Waals surface area contributed by atoms with Crippen LogP contribution in [-0.2, 0) is 22.8 Å². The lowest BCUT2D eigenvalue weighted by atomic mass is 9.91. The third-order valence-electron chi connectivity index (χ3n) is 6.04.